The highest BCUT2D eigenvalue weighted by atomic mass is 127. The third kappa shape index (κ3) is 6.62. The zero-order valence-corrected chi connectivity index (χ0v) is 17.6. The lowest BCUT2D eigenvalue weighted by Gasteiger charge is -2.17. The smallest absolute Gasteiger partial charge is 0.203 e. The van der Waals surface area contributed by atoms with E-state index >= 15 is 0 Å². The second kappa shape index (κ2) is 13.0. The maximum Gasteiger partial charge on any atom is 0.203 e. The van der Waals surface area contributed by atoms with Gasteiger partial charge >= 0.3 is 0 Å². The number of rotatable bonds is 9. The SMILES string of the molecule is CCCCCNC(=NC)NCc1ccc(OC)c(OC)c1OC.I. The topological polar surface area (TPSA) is 64.1 Å². The second-order valence-electron chi connectivity index (χ2n) is 5.05. The summed E-state index contributed by atoms with van der Waals surface area (Å²) < 4.78 is 16.2. The Morgan fingerprint density at radius 1 is 1.00 bits per heavy atom. The van der Waals surface area contributed by atoms with Crippen molar-refractivity contribution in [2.75, 3.05) is 34.9 Å². The molecule has 0 radical (unpaired) electrons. The zero-order valence-electron chi connectivity index (χ0n) is 15.3. The van der Waals surface area contributed by atoms with E-state index in [2.05, 4.69) is 22.5 Å². The Morgan fingerprint density at radius 2 is 1.71 bits per heavy atom. The summed E-state index contributed by atoms with van der Waals surface area (Å²) in [6, 6.07) is 3.83. The molecule has 0 spiro atoms. The molecule has 0 fully saturated rings. The van der Waals surface area contributed by atoms with Gasteiger partial charge in [-0.05, 0) is 18.6 Å². The minimum absolute atomic E-state index is 0. The van der Waals surface area contributed by atoms with Gasteiger partial charge in [0.25, 0.3) is 0 Å². The number of nitrogens with one attached hydrogen (secondary N) is 2. The Bertz CT molecular complexity index is 510. The molecule has 0 saturated heterocycles. The third-order valence-electron chi connectivity index (χ3n) is 3.53. The van der Waals surface area contributed by atoms with E-state index in [1.54, 1.807) is 28.4 Å². The quantitative estimate of drug-likeness (QED) is 0.261. The van der Waals surface area contributed by atoms with Gasteiger partial charge in [0, 0.05) is 25.7 Å². The summed E-state index contributed by atoms with van der Waals surface area (Å²) in [5, 5.41) is 6.59. The summed E-state index contributed by atoms with van der Waals surface area (Å²) in [5.41, 5.74) is 0.974. The number of methoxy groups -OCH3 is 3. The standard InChI is InChI=1S/C17H29N3O3.HI/c1-6-7-8-11-19-17(18-2)20-12-13-9-10-14(21-3)16(23-5)15(13)22-4;/h9-10H,6-8,11-12H2,1-5H3,(H2,18,19,20);1H. The first kappa shape index (κ1) is 22.6. The molecule has 0 aliphatic rings. The third-order valence-corrected chi connectivity index (χ3v) is 3.53. The van der Waals surface area contributed by atoms with Crippen LogP contribution < -0.4 is 24.8 Å². The average molecular weight is 451 g/mol. The normalized spacial score (nSPS) is 10.6. The number of nitrogens with zero attached hydrogens (tertiary/aromatic N) is 1. The number of hydrogen-bond donors (Lipinski definition) is 2. The van der Waals surface area contributed by atoms with Gasteiger partial charge in [0.05, 0.1) is 21.3 Å². The van der Waals surface area contributed by atoms with E-state index in [1.807, 2.05) is 12.1 Å². The van der Waals surface area contributed by atoms with E-state index in [1.165, 1.54) is 12.8 Å². The number of ether oxygens (including phenoxy) is 3. The Labute approximate surface area is 162 Å². The molecule has 0 aromatic heterocycles. The van der Waals surface area contributed by atoms with Crippen LogP contribution in [0.4, 0.5) is 0 Å². The molecule has 0 unspecified atom stereocenters. The van der Waals surface area contributed by atoms with Crippen molar-refractivity contribution < 1.29 is 14.2 Å². The lowest BCUT2D eigenvalue weighted by atomic mass is 10.1. The average Bonchev–Trinajstić information content (AvgIpc) is 2.60. The largest absolute Gasteiger partial charge is 0.493 e. The molecule has 2 N–H and O–H groups in total. The predicted molar refractivity (Wildman–Crippen MR) is 109 cm³/mol. The fourth-order valence-corrected chi connectivity index (χ4v) is 2.28. The van der Waals surface area contributed by atoms with Crippen LogP contribution in [0.3, 0.4) is 0 Å². The molecule has 0 amide bonds. The second-order valence-corrected chi connectivity index (χ2v) is 5.05. The zero-order chi connectivity index (χ0) is 17.1. The van der Waals surface area contributed by atoms with Crippen LogP contribution in [0.5, 0.6) is 17.2 Å². The summed E-state index contributed by atoms with van der Waals surface area (Å²) >= 11 is 0. The fourth-order valence-electron chi connectivity index (χ4n) is 2.28. The van der Waals surface area contributed by atoms with E-state index < -0.39 is 0 Å². The predicted octanol–water partition coefficient (Wildman–Crippen LogP) is 3.19. The number of benzene rings is 1. The van der Waals surface area contributed by atoms with Crippen LogP contribution in [-0.2, 0) is 6.54 Å². The molecule has 0 aliphatic heterocycles. The highest BCUT2D eigenvalue weighted by molar-refractivity contribution is 14.0. The van der Waals surface area contributed by atoms with Crippen LogP contribution >= 0.6 is 24.0 Å². The minimum atomic E-state index is 0. The fraction of sp³-hybridized carbons (Fsp3) is 0.588. The van der Waals surface area contributed by atoms with E-state index in [0.29, 0.717) is 23.8 Å². The van der Waals surface area contributed by atoms with Crippen LogP contribution in [-0.4, -0.2) is 40.9 Å². The molecule has 7 heteroatoms. The van der Waals surface area contributed by atoms with Gasteiger partial charge < -0.3 is 24.8 Å². The molecule has 0 heterocycles. The van der Waals surface area contributed by atoms with Gasteiger partial charge in [0.1, 0.15) is 0 Å². The van der Waals surface area contributed by atoms with Gasteiger partial charge in [0.2, 0.25) is 5.75 Å². The number of halogens is 1. The molecule has 0 aliphatic carbocycles. The van der Waals surface area contributed by atoms with Crippen molar-refractivity contribution in [3.8, 4) is 17.2 Å². The minimum Gasteiger partial charge on any atom is -0.493 e. The van der Waals surface area contributed by atoms with Gasteiger partial charge in [-0.2, -0.15) is 0 Å². The maximum absolute atomic E-state index is 5.48. The Morgan fingerprint density at radius 3 is 2.25 bits per heavy atom. The van der Waals surface area contributed by atoms with Gasteiger partial charge in [-0.25, -0.2) is 0 Å². The Hall–Kier alpha value is -1.38. The number of aliphatic imine (C=N–C) groups is 1. The molecule has 6 nitrogen and oxygen atoms in total. The van der Waals surface area contributed by atoms with Gasteiger partial charge in [-0.1, -0.05) is 19.8 Å². The van der Waals surface area contributed by atoms with E-state index in [4.69, 9.17) is 14.2 Å². The van der Waals surface area contributed by atoms with Crippen molar-refractivity contribution in [3.05, 3.63) is 17.7 Å². The Kier molecular flexibility index (Phi) is 12.2. The first-order chi connectivity index (χ1) is 11.2. The van der Waals surface area contributed by atoms with Crippen molar-refractivity contribution in [1.29, 1.82) is 0 Å². The van der Waals surface area contributed by atoms with Crippen molar-refractivity contribution >= 4 is 29.9 Å². The van der Waals surface area contributed by atoms with Gasteiger partial charge in [0.15, 0.2) is 17.5 Å². The monoisotopic (exact) mass is 451 g/mol. The van der Waals surface area contributed by atoms with Crippen LogP contribution in [0.25, 0.3) is 0 Å². The molecule has 0 saturated carbocycles. The van der Waals surface area contributed by atoms with Crippen LogP contribution in [0.15, 0.2) is 17.1 Å². The lowest BCUT2D eigenvalue weighted by Crippen LogP contribution is -2.37. The molecule has 1 rings (SSSR count). The Balaban J connectivity index is 0.00000529. The van der Waals surface area contributed by atoms with E-state index in [9.17, 15) is 0 Å². The number of hydrogen-bond acceptors (Lipinski definition) is 4. The van der Waals surface area contributed by atoms with Gasteiger partial charge in [-0.3, -0.25) is 4.99 Å². The highest BCUT2D eigenvalue weighted by Gasteiger charge is 2.15. The molecular weight excluding hydrogens is 421 g/mol. The van der Waals surface area contributed by atoms with Crippen molar-refractivity contribution in [3.63, 3.8) is 0 Å². The number of guanidine groups is 1. The molecule has 138 valence electrons. The summed E-state index contributed by atoms with van der Waals surface area (Å²) in [6.07, 6.45) is 3.56. The van der Waals surface area contributed by atoms with Crippen LogP contribution in [0.1, 0.15) is 31.7 Å². The molecule has 1 aromatic rings. The summed E-state index contributed by atoms with van der Waals surface area (Å²) in [6.45, 7) is 3.68. The first-order valence-corrected chi connectivity index (χ1v) is 7.94. The molecular formula is C17H30IN3O3. The molecule has 0 bridgehead atoms. The maximum atomic E-state index is 5.48. The van der Waals surface area contributed by atoms with Crippen molar-refractivity contribution in [2.24, 2.45) is 4.99 Å². The summed E-state index contributed by atoms with van der Waals surface area (Å²) in [7, 11) is 6.60. The molecule has 1 aromatic carbocycles. The van der Waals surface area contributed by atoms with E-state index in [0.717, 1.165) is 24.5 Å². The van der Waals surface area contributed by atoms with E-state index in [-0.39, 0.29) is 24.0 Å². The van der Waals surface area contributed by atoms with Crippen LogP contribution in [0.2, 0.25) is 0 Å². The lowest BCUT2D eigenvalue weighted by molar-refractivity contribution is 0.322. The summed E-state index contributed by atoms with van der Waals surface area (Å²) in [4.78, 5) is 4.23. The number of unbranched alkanes of at least 4 members (excludes halogenated alkanes) is 2. The molecule has 24 heavy (non-hydrogen) atoms. The highest BCUT2D eigenvalue weighted by Crippen LogP contribution is 2.39. The van der Waals surface area contributed by atoms with Crippen molar-refractivity contribution in [1.82, 2.24) is 10.6 Å². The summed E-state index contributed by atoms with van der Waals surface area (Å²) in [5.74, 6) is 2.69. The van der Waals surface area contributed by atoms with Crippen molar-refractivity contribution in [2.45, 2.75) is 32.7 Å². The van der Waals surface area contributed by atoms with Gasteiger partial charge in [-0.15, -0.1) is 24.0 Å². The first-order valence-electron chi connectivity index (χ1n) is 7.94. The molecule has 0 atom stereocenters. The van der Waals surface area contributed by atoms with Crippen LogP contribution in [0, 0.1) is 0 Å².